The summed E-state index contributed by atoms with van der Waals surface area (Å²) in [6, 6.07) is 5.79. The Morgan fingerprint density at radius 3 is 2.60 bits per heavy atom. The second kappa shape index (κ2) is 11.8. The summed E-state index contributed by atoms with van der Waals surface area (Å²) in [5.41, 5.74) is 1.13. The number of hydrogen-bond donors (Lipinski definition) is 2. The number of aliphatic hydroxyl groups is 1. The van der Waals surface area contributed by atoms with Crippen molar-refractivity contribution >= 4 is 12.4 Å². The van der Waals surface area contributed by atoms with Crippen LogP contribution < -0.4 is 14.8 Å². The third-order valence-corrected chi connectivity index (χ3v) is 2.61. The van der Waals surface area contributed by atoms with Gasteiger partial charge in [-0.05, 0) is 30.7 Å². The van der Waals surface area contributed by atoms with Gasteiger partial charge >= 0.3 is 0 Å². The van der Waals surface area contributed by atoms with E-state index < -0.39 is 0 Å². The first-order valence-corrected chi connectivity index (χ1v) is 6.42. The number of benzene rings is 1. The first-order valence-electron chi connectivity index (χ1n) is 6.42. The predicted molar refractivity (Wildman–Crippen MR) is 81.0 cm³/mol. The largest absolute Gasteiger partial charge is 0.493 e. The Morgan fingerprint density at radius 1 is 1.15 bits per heavy atom. The maximum atomic E-state index is 8.75. The van der Waals surface area contributed by atoms with Gasteiger partial charge < -0.3 is 24.6 Å². The van der Waals surface area contributed by atoms with Crippen molar-refractivity contribution in [2.45, 2.75) is 13.0 Å². The van der Waals surface area contributed by atoms with Gasteiger partial charge in [-0.3, -0.25) is 0 Å². The topological polar surface area (TPSA) is 60.0 Å². The van der Waals surface area contributed by atoms with E-state index in [4.69, 9.17) is 19.3 Å². The van der Waals surface area contributed by atoms with Crippen molar-refractivity contribution in [3.63, 3.8) is 0 Å². The minimum atomic E-state index is -0.00798. The molecule has 0 aliphatic carbocycles. The minimum Gasteiger partial charge on any atom is -0.493 e. The zero-order valence-electron chi connectivity index (χ0n) is 12.1. The van der Waals surface area contributed by atoms with E-state index in [0.29, 0.717) is 11.5 Å². The fraction of sp³-hybridized carbons (Fsp3) is 0.571. The molecule has 0 radical (unpaired) electrons. The first kappa shape index (κ1) is 19.0. The SMILES string of the molecule is COCCCNCc1ccc(OCCO)c(OC)c1.Cl. The number of rotatable bonds is 10. The molecular weight excluding hydrogens is 282 g/mol. The van der Waals surface area contributed by atoms with Gasteiger partial charge in [0.25, 0.3) is 0 Å². The van der Waals surface area contributed by atoms with Crippen molar-refractivity contribution in [3.05, 3.63) is 23.8 Å². The van der Waals surface area contributed by atoms with Crippen molar-refractivity contribution < 1.29 is 19.3 Å². The molecule has 0 saturated heterocycles. The number of ether oxygens (including phenoxy) is 3. The monoisotopic (exact) mass is 305 g/mol. The molecule has 0 unspecified atom stereocenters. The molecular formula is C14H24ClNO4. The normalized spacial score (nSPS) is 9.95. The highest BCUT2D eigenvalue weighted by Crippen LogP contribution is 2.27. The van der Waals surface area contributed by atoms with Gasteiger partial charge in [0.15, 0.2) is 11.5 Å². The standard InChI is InChI=1S/C14H23NO4.ClH/c1-17-8-3-6-15-11-12-4-5-13(19-9-7-16)14(10-12)18-2;/h4-5,10,15-16H,3,6-9,11H2,1-2H3;1H. The molecule has 0 aliphatic heterocycles. The Morgan fingerprint density at radius 2 is 1.95 bits per heavy atom. The number of aliphatic hydroxyl groups excluding tert-OH is 1. The highest BCUT2D eigenvalue weighted by molar-refractivity contribution is 5.85. The van der Waals surface area contributed by atoms with E-state index in [9.17, 15) is 0 Å². The van der Waals surface area contributed by atoms with Crippen LogP contribution in [0.15, 0.2) is 18.2 Å². The molecule has 0 heterocycles. The molecule has 5 nitrogen and oxygen atoms in total. The molecule has 6 heteroatoms. The molecule has 1 rings (SSSR count). The molecule has 0 bridgehead atoms. The molecule has 116 valence electrons. The average Bonchev–Trinajstić information content (AvgIpc) is 2.45. The van der Waals surface area contributed by atoms with Gasteiger partial charge in [-0.1, -0.05) is 6.07 Å². The molecule has 0 saturated carbocycles. The average molecular weight is 306 g/mol. The van der Waals surface area contributed by atoms with Crippen LogP contribution in [-0.4, -0.2) is 45.7 Å². The zero-order chi connectivity index (χ0) is 13.9. The third kappa shape index (κ3) is 6.96. The van der Waals surface area contributed by atoms with E-state index >= 15 is 0 Å². The van der Waals surface area contributed by atoms with E-state index in [1.807, 2.05) is 18.2 Å². The van der Waals surface area contributed by atoms with Crippen LogP contribution in [0.3, 0.4) is 0 Å². The lowest BCUT2D eigenvalue weighted by molar-refractivity contribution is 0.194. The van der Waals surface area contributed by atoms with Crippen LogP contribution in [0.4, 0.5) is 0 Å². The van der Waals surface area contributed by atoms with Crippen LogP contribution in [-0.2, 0) is 11.3 Å². The Kier molecular flexibility index (Phi) is 11.2. The highest BCUT2D eigenvalue weighted by atomic mass is 35.5. The van der Waals surface area contributed by atoms with E-state index in [2.05, 4.69) is 5.32 Å². The maximum Gasteiger partial charge on any atom is 0.161 e. The summed E-state index contributed by atoms with van der Waals surface area (Å²) >= 11 is 0. The smallest absolute Gasteiger partial charge is 0.161 e. The first-order chi connectivity index (χ1) is 9.31. The summed E-state index contributed by atoms with van der Waals surface area (Å²) in [7, 11) is 3.31. The quantitative estimate of drug-likeness (QED) is 0.643. The molecule has 2 N–H and O–H groups in total. The fourth-order valence-electron chi connectivity index (χ4n) is 1.67. The lowest BCUT2D eigenvalue weighted by Crippen LogP contribution is -2.16. The maximum absolute atomic E-state index is 8.75. The van der Waals surface area contributed by atoms with Gasteiger partial charge in [0.2, 0.25) is 0 Å². The van der Waals surface area contributed by atoms with Gasteiger partial charge in [-0.25, -0.2) is 0 Å². The molecule has 0 aliphatic rings. The molecule has 0 fully saturated rings. The molecule has 20 heavy (non-hydrogen) atoms. The third-order valence-electron chi connectivity index (χ3n) is 2.61. The number of hydrogen-bond acceptors (Lipinski definition) is 5. The molecule has 1 aromatic carbocycles. The molecule has 1 aromatic rings. The van der Waals surface area contributed by atoms with Gasteiger partial charge in [0.1, 0.15) is 6.61 Å². The van der Waals surface area contributed by atoms with Crippen LogP contribution in [0.25, 0.3) is 0 Å². The van der Waals surface area contributed by atoms with Crippen molar-refractivity contribution in [1.82, 2.24) is 5.32 Å². The Bertz CT molecular complexity index is 363. The molecule has 0 amide bonds. The predicted octanol–water partition coefficient (Wildman–Crippen LogP) is 1.61. The van der Waals surface area contributed by atoms with Crippen LogP contribution in [0.2, 0.25) is 0 Å². The summed E-state index contributed by atoms with van der Waals surface area (Å²) in [6.45, 7) is 2.72. The summed E-state index contributed by atoms with van der Waals surface area (Å²) < 4.78 is 15.6. The Balaban J connectivity index is 0.00000361. The zero-order valence-corrected chi connectivity index (χ0v) is 12.9. The summed E-state index contributed by atoms with van der Waals surface area (Å²) in [5.74, 6) is 1.34. The summed E-state index contributed by atoms with van der Waals surface area (Å²) in [5, 5.41) is 12.1. The van der Waals surface area contributed by atoms with Crippen LogP contribution in [0, 0.1) is 0 Å². The molecule has 0 spiro atoms. The van der Waals surface area contributed by atoms with E-state index in [1.54, 1.807) is 14.2 Å². The van der Waals surface area contributed by atoms with Crippen LogP contribution in [0.1, 0.15) is 12.0 Å². The van der Waals surface area contributed by atoms with Gasteiger partial charge in [0.05, 0.1) is 13.7 Å². The Hall–Kier alpha value is -1.01. The van der Waals surface area contributed by atoms with Crippen LogP contribution >= 0.6 is 12.4 Å². The van der Waals surface area contributed by atoms with Crippen molar-refractivity contribution in [2.75, 3.05) is 40.6 Å². The Labute approximate surface area is 126 Å². The number of nitrogens with one attached hydrogen (secondary N) is 1. The second-order valence-corrected chi connectivity index (χ2v) is 4.08. The van der Waals surface area contributed by atoms with Crippen molar-refractivity contribution in [1.29, 1.82) is 0 Å². The van der Waals surface area contributed by atoms with Gasteiger partial charge in [-0.15, -0.1) is 12.4 Å². The van der Waals surface area contributed by atoms with Crippen molar-refractivity contribution in [2.24, 2.45) is 0 Å². The summed E-state index contributed by atoms with van der Waals surface area (Å²) in [6.07, 6.45) is 0.991. The van der Waals surface area contributed by atoms with Gasteiger partial charge in [-0.2, -0.15) is 0 Å². The highest BCUT2D eigenvalue weighted by Gasteiger charge is 2.05. The summed E-state index contributed by atoms with van der Waals surface area (Å²) in [4.78, 5) is 0. The number of halogens is 1. The molecule has 0 atom stereocenters. The molecule has 0 aromatic heterocycles. The fourth-order valence-corrected chi connectivity index (χ4v) is 1.67. The number of methoxy groups -OCH3 is 2. The minimum absolute atomic E-state index is 0. The lowest BCUT2D eigenvalue weighted by atomic mass is 10.2. The second-order valence-electron chi connectivity index (χ2n) is 4.08. The van der Waals surface area contributed by atoms with E-state index in [-0.39, 0.29) is 25.6 Å². The van der Waals surface area contributed by atoms with E-state index in [1.165, 1.54) is 0 Å². The van der Waals surface area contributed by atoms with Crippen molar-refractivity contribution in [3.8, 4) is 11.5 Å². The van der Waals surface area contributed by atoms with Crippen LogP contribution in [0.5, 0.6) is 11.5 Å². The van der Waals surface area contributed by atoms with E-state index in [0.717, 1.165) is 31.7 Å². The van der Waals surface area contributed by atoms with Gasteiger partial charge in [0, 0.05) is 20.3 Å². The lowest BCUT2D eigenvalue weighted by Gasteiger charge is -2.12.